The summed E-state index contributed by atoms with van der Waals surface area (Å²) in [6, 6.07) is 0. The third kappa shape index (κ3) is 1.82. The molecular formula is C8H15I. The van der Waals surface area contributed by atoms with E-state index in [1.54, 1.807) is 0 Å². The predicted molar refractivity (Wildman–Crippen MR) is 50.1 cm³/mol. The Morgan fingerprint density at radius 2 is 2.00 bits per heavy atom. The normalized spacial score (nSPS) is 34.3. The lowest BCUT2D eigenvalue weighted by atomic mass is 9.78. The van der Waals surface area contributed by atoms with Crippen molar-refractivity contribution in [1.29, 1.82) is 0 Å². The molecular weight excluding hydrogens is 223 g/mol. The van der Waals surface area contributed by atoms with E-state index >= 15 is 0 Å². The standard InChI is InChI=1S/C8H15I/c1-8(2)6-4-3-5-7(8)9/h7H,3-6H2,1-2H3/t7-/m1/s1. The maximum absolute atomic E-state index is 2.60. The molecule has 9 heavy (non-hydrogen) atoms. The quantitative estimate of drug-likeness (QED) is 0.448. The van der Waals surface area contributed by atoms with Crippen LogP contribution in [0.5, 0.6) is 0 Å². The number of hydrogen-bond acceptors (Lipinski definition) is 0. The van der Waals surface area contributed by atoms with Crippen LogP contribution in [0.4, 0.5) is 0 Å². The smallest absolute Gasteiger partial charge is 0.0161 e. The first-order chi connectivity index (χ1) is 4.13. The Morgan fingerprint density at radius 3 is 2.33 bits per heavy atom. The Morgan fingerprint density at radius 1 is 1.33 bits per heavy atom. The zero-order valence-corrected chi connectivity index (χ0v) is 8.44. The lowest BCUT2D eigenvalue weighted by Gasteiger charge is -2.34. The molecule has 1 saturated carbocycles. The second kappa shape index (κ2) is 2.77. The number of rotatable bonds is 0. The summed E-state index contributed by atoms with van der Waals surface area (Å²) in [5.74, 6) is 0. The van der Waals surface area contributed by atoms with E-state index in [1.807, 2.05) is 0 Å². The third-order valence-corrected chi connectivity index (χ3v) is 4.69. The highest BCUT2D eigenvalue weighted by Crippen LogP contribution is 2.39. The van der Waals surface area contributed by atoms with Gasteiger partial charge >= 0.3 is 0 Å². The minimum absolute atomic E-state index is 0.624. The maximum atomic E-state index is 2.60. The number of alkyl halides is 1. The Balaban J connectivity index is 2.49. The highest BCUT2D eigenvalue weighted by Gasteiger charge is 2.29. The molecule has 0 aliphatic heterocycles. The van der Waals surface area contributed by atoms with Crippen LogP contribution in [0, 0.1) is 5.41 Å². The van der Waals surface area contributed by atoms with Crippen LogP contribution in [0.25, 0.3) is 0 Å². The minimum atomic E-state index is 0.624. The van der Waals surface area contributed by atoms with Crippen molar-refractivity contribution in [1.82, 2.24) is 0 Å². The van der Waals surface area contributed by atoms with Gasteiger partial charge in [-0.1, -0.05) is 49.3 Å². The van der Waals surface area contributed by atoms with Gasteiger partial charge in [0.2, 0.25) is 0 Å². The van der Waals surface area contributed by atoms with Gasteiger partial charge in [-0.2, -0.15) is 0 Å². The monoisotopic (exact) mass is 238 g/mol. The molecule has 0 aromatic carbocycles. The van der Waals surface area contributed by atoms with Crippen molar-refractivity contribution in [2.45, 2.75) is 43.5 Å². The van der Waals surface area contributed by atoms with Gasteiger partial charge < -0.3 is 0 Å². The second-order valence-electron chi connectivity index (χ2n) is 3.70. The van der Waals surface area contributed by atoms with Gasteiger partial charge in [-0.15, -0.1) is 0 Å². The first-order valence-electron chi connectivity index (χ1n) is 3.77. The van der Waals surface area contributed by atoms with Crippen molar-refractivity contribution in [2.24, 2.45) is 5.41 Å². The Labute approximate surface area is 71.5 Å². The van der Waals surface area contributed by atoms with Crippen molar-refractivity contribution in [3.05, 3.63) is 0 Å². The van der Waals surface area contributed by atoms with Gasteiger partial charge in [-0.05, 0) is 18.3 Å². The van der Waals surface area contributed by atoms with Gasteiger partial charge in [0.05, 0.1) is 0 Å². The van der Waals surface area contributed by atoms with E-state index in [0.29, 0.717) is 5.41 Å². The second-order valence-corrected chi connectivity index (χ2v) is 5.21. The van der Waals surface area contributed by atoms with Gasteiger partial charge in [0.1, 0.15) is 0 Å². The summed E-state index contributed by atoms with van der Waals surface area (Å²) in [7, 11) is 0. The van der Waals surface area contributed by atoms with Crippen LogP contribution in [-0.2, 0) is 0 Å². The first-order valence-corrected chi connectivity index (χ1v) is 5.01. The third-order valence-electron chi connectivity index (χ3n) is 2.38. The number of hydrogen-bond donors (Lipinski definition) is 0. The van der Waals surface area contributed by atoms with Crippen molar-refractivity contribution in [3.63, 3.8) is 0 Å². The van der Waals surface area contributed by atoms with Crippen molar-refractivity contribution < 1.29 is 0 Å². The summed E-state index contributed by atoms with van der Waals surface area (Å²) in [5, 5.41) is 0. The lowest BCUT2D eigenvalue weighted by Crippen LogP contribution is -2.27. The summed E-state index contributed by atoms with van der Waals surface area (Å²) in [4.78, 5) is 0. The fourth-order valence-electron chi connectivity index (χ4n) is 1.45. The van der Waals surface area contributed by atoms with Crippen LogP contribution >= 0.6 is 22.6 Å². The molecule has 0 bridgehead atoms. The van der Waals surface area contributed by atoms with Crippen LogP contribution in [0.3, 0.4) is 0 Å². The van der Waals surface area contributed by atoms with E-state index in [4.69, 9.17) is 0 Å². The SMILES string of the molecule is CC1(C)CCCC[C@H]1I. The molecule has 1 aliphatic rings. The molecule has 0 unspecified atom stereocenters. The van der Waals surface area contributed by atoms with E-state index in [9.17, 15) is 0 Å². The summed E-state index contributed by atoms with van der Waals surface area (Å²) < 4.78 is 0.920. The number of halogens is 1. The summed E-state index contributed by atoms with van der Waals surface area (Å²) in [6.07, 6.45) is 5.78. The molecule has 1 heteroatoms. The van der Waals surface area contributed by atoms with E-state index in [-0.39, 0.29) is 0 Å². The summed E-state index contributed by atoms with van der Waals surface area (Å²) in [5.41, 5.74) is 0.624. The lowest BCUT2D eigenvalue weighted by molar-refractivity contribution is 0.266. The Kier molecular flexibility index (Phi) is 2.41. The Bertz CT molecular complexity index is 96.7. The minimum Gasteiger partial charge on any atom is -0.0820 e. The van der Waals surface area contributed by atoms with Gasteiger partial charge in [-0.25, -0.2) is 0 Å². The van der Waals surface area contributed by atoms with Gasteiger partial charge in [0.25, 0.3) is 0 Å². The van der Waals surface area contributed by atoms with E-state index < -0.39 is 0 Å². The molecule has 0 aromatic rings. The molecule has 0 heterocycles. The van der Waals surface area contributed by atoms with E-state index in [1.165, 1.54) is 25.7 Å². The molecule has 54 valence electrons. The molecule has 0 radical (unpaired) electrons. The zero-order valence-electron chi connectivity index (χ0n) is 6.28. The molecule has 1 rings (SSSR count). The van der Waals surface area contributed by atoms with Gasteiger partial charge in [0.15, 0.2) is 0 Å². The molecule has 1 atom stereocenters. The van der Waals surface area contributed by atoms with Gasteiger partial charge in [-0.3, -0.25) is 0 Å². The first kappa shape index (κ1) is 7.83. The topological polar surface area (TPSA) is 0 Å². The fourth-order valence-corrected chi connectivity index (χ4v) is 2.20. The molecule has 0 saturated heterocycles. The highest BCUT2D eigenvalue weighted by atomic mass is 127. The highest BCUT2D eigenvalue weighted by molar-refractivity contribution is 14.1. The molecule has 1 aliphatic carbocycles. The van der Waals surface area contributed by atoms with Gasteiger partial charge in [0, 0.05) is 3.92 Å². The van der Waals surface area contributed by atoms with Crippen molar-refractivity contribution in [3.8, 4) is 0 Å². The molecule has 1 fully saturated rings. The van der Waals surface area contributed by atoms with E-state index in [0.717, 1.165) is 3.92 Å². The molecule has 0 N–H and O–H groups in total. The van der Waals surface area contributed by atoms with Crippen LogP contribution < -0.4 is 0 Å². The summed E-state index contributed by atoms with van der Waals surface area (Å²) >= 11 is 2.60. The largest absolute Gasteiger partial charge is 0.0820 e. The Hall–Kier alpha value is 0.730. The summed E-state index contributed by atoms with van der Waals surface area (Å²) in [6.45, 7) is 4.78. The van der Waals surface area contributed by atoms with Crippen molar-refractivity contribution >= 4 is 22.6 Å². The van der Waals surface area contributed by atoms with Crippen molar-refractivity contribution in [2.75, 3.05) is 0 Å². The van der Waals surface area contributed by atoms with Crippen LogP contribution in [0.1, 0.15) is 39.5 Å². The van der Waals surface area contributed by atoms with E-state index in [2.05, 4.69) is 36.4 Å². The molecule has 0 nitrogen and oxygen atoms in total. The van der Waals surface area contributed by atoms with Crippen LogP contribution in [0.2, 0.25) is 0 Å². The molecule has 0 amide bonds. The molecule has 0 spiro atoms. The maximum Gasteiger partial charge on any atom is 0.0161 e. The molecule has 0 aromatic heterocycles. The van der Waals surface area contributed by atoms with Crippen LogP contribution in [0.15, 0.2) is 0 Å². The average Bonchev–Trinajstić information content (AvgIpc) is 1.77. The fraction of sp³-hybridized carbons (Fsp3) is 1.00. The average molecular weight is 238 g/mol. The van der Waals surface area contributed by atoms with Crippen LogP contribution in [-0.4, -0.2) is 3.92 Å². The zero-order chi connectivity index (χ0) is 6.91. The predicted octanol–water partition coefficient (Wildman–Crippen LogP) is 3.39.